The van der Waals surface area contributed by atoms with Crippen molar-refractivity contribution >= 4 is 23.1 Å². The molecule has 0 radical (unpaired) electrons. The average molecular weight is 332 g/mol. The van der Waals surface area contributed by atoms with Crippen LogP contribution >= 0.6 is 11.6 Å². The number of phenolic OH excluding ortho intramolecular Hbond substituents is 1. The molecule has 1 aliphatic heterocycles. The Kier molecular flexibility index (Phi) is 4.09. The number of rotatable bonds is 2. The van der Waals surface area contributed by atoms with Crippen molar-refractivity contribution < 1.29 is 14.3 Å². The first kappa shape index (κ1) is 15.6. The Hall–Kier alpha value is -2.33. The zero-order chi connectivity index (χ0) is 16.6. The molecule has 1 aliphatic rings. The molecule has 3 rings (SSSR count). The number of halogens is 2. The summed E-state index contributed by atoms with van der Waals surface area (Å²) in [6, 6.07) is 10.7. The summed E-state index contributed by atoms with van der Waals surface area (Å²) in [6.07, 6.45) is 1.84. The molecule has 0 fully saturated rings. The summed E-state index contributed by atoms with van der Waals surface area (Å²) in [5.74, 6) is -0.366. The van der Waals surface area contributed by atoms with Crippen LogP contribution in [0.3, 0.4) is 0 Å². The summed E-state index contributed by atoms with van der Waals surface area (Å²) in [4.78, 5) is 13.6. The van der Waals surface area contributed by atoms with Crippen LogP contribution in [0.4, 0.5) is 4.39 Å². The molecule has 1 heterocycles. The van der Waals surface area contributed by atoms with E-state index in [2.05, 4.69) is 0 Å². The Morgan fingerprint density at radius 3 is 2.78 bits per heavy atom. The topological polar surface area (TPSA) is 40.5 Å². The van der Waals surface area contributed by atoms with Gasteiger partial charge in [-0.3, -0.25) is 4.79 Å². The fourth-order valence-electron chi connectivity index (χ4n) is 2.83. The molecule has 1 amide bonds. The van der Waals surface area contributed by atoms with Gasteiger partial charge in [0.05, 0.1) is 6.04 Å². The van der Waals surface area contributed by atoms with Gasteiger partial charge in [-0.05, 0) is 41.5 Å². The zero-order valence-corrected chi connectivity index (χ0v) is 13.2. The molecule has 3 nitrogen and oxygen atoms in total. The van der Waals surface area contributed by atoms with Gasteiger partial charge in [-0.1, -0.05) is 29.8 Å². The van der Waals surface area contributed by atoms with Gasteiger partial charge in [0.15, 0.2) is 0 Å². The molecule has 23 heavy (non-hydrogen) atoms. The molecule has 2 aromatic carbocycles. The number of benzene rings is 2. The first-order chi connectivity index (χ1) is 11.0. The zero-order valence-electron chi connectivity index (χ0n) is 12.5. The molecule has 1 atom stereocenters. The highest BCUT2D eigenvalue weighted by atomic mass is 35.5. The van der Waals surface area contributed by atoms with Crippen LogP contribution in [-0.2, 0) is 4.79 Å². The molecule has 0 saturated heterocycles. The van der Waals surface area contributed by atoms with E-state index in [-0.39, 0.29) is 23.5 Å². The molecule has 1 N–H and O–H groups in total. The maximum absolute atomic E-state index is 14.1. The lowest BCUT2D eigenvalue weighted by molar-refractivity contribution is -0.129. The van der Waals surface area contributed by atoms with Crippen molar-refractivity contribution in [2.24, 2.45) is 0 Å². The highest BCUT2D eigenvalue weighted by molar-refractivity contribution is 6.30. The van der Waals surface area contributed by atoms with E-state index < -0.39 is 0 Å². The van der Waals surface area contributed by atoms with Crippen molar-refractivity contribution in [2.45, 2.75) is 13.0 Å². The third-order valence-corrected chi connectivity index (χ3v) is 4.16. The fraction of sp³-hybridized carbons (Fsp3) is 0.167. The van der Waals surface area contributed by atoms with Gasteiger partial charge in [0, 0.05) is 24.1 Å². The van der Waals surface area contributed by atoms with Gasteiger partial charge in [0.1, 0.15) is 11.6 Å². The second kappa shape index (κ2) is 6.05. The van der Waals surface area contributed by atoms with Gasteiger partial charge in [0.2, 0.25) is 5.91 Å². The summed E-state index contributed by atoms with van der Waals surface area (Å²) in [5, 5.41) is 10.1. The molecule has 0 spiro atoms. The number of aromatic hydroxyl groups is 1. The first-order valence-electron chi connectivity index (χ1n) is 7.18. The van der Waals surface area contributed by atoms with Crippen LogP contribution < -0.4 is 0 Å². The highest BCUT2D eigenvalue weighted by Gasteiger charge is 2.29. The highest BCUT2D eigenvalue weighted by Crippen LogP contribution is 2.36. The minimum Gasteiger partial charge on any atom is -0.508 e. The van der Waals surface area contributed by atoms with Crippen molar-refractivity contribution in [3.8, 4) is 5.75 Å². The van der Waals surface area contributed by atoms with E-state index in [0.29, 0.717) is 22.7 Å². The lowest BCUT2D eigenvalue weighted by Gasteiger charge is -2.23. The van der Waals surface area contributed by atoms with Gasteiger partial charge < -0.3 is 10.0 Å². The lowest BCUT2D eigenvalue weighted by atomic mass is 10.0. The maximum Gasteiger partial charge on any atom is 0.220 e. The summed E-state index contributed by atoms with van der Waals surface area (Å²) in [6.45, 7) is 1.77. The molecule has 118 valence electrons. The van der Waals surface area contributed by atoms with E-state index >= 15 is 0 Å². The number of hydrogen-bond donors (Lipinski definition) is 1. The maximum atomic E-state index is 14.1. The number of nitrogens with zero attached hydrogens (tertiary/aromatic N) is 1. The van der Waals surface area contributed by atoms with Gasteiger partial charge in [-0.2, -0.15) is 0 Å². The van der Waals surface area contributed by atoms with E-state index in [1.54, 1.807) is 29.2 Å². The number of amides is 1. The Balaban J connectivity index is 2.05. The van der Waals surface area contributed by atoms with Crippen LogP contribution in [0.25, 0.3) is 5.57 Å². The molecule has 0 aliphatic carbocycles. The fourth-order valence-corrected chi connectivity index (χ4v) is 3.00. The predicted octanol–water partition coefficient (Wildman–Crippen LogP) is 4.17. The molecule has 0 unspecified atom stereocenters. The summed E-state index contributed by atoms with van der Waals surface area (Å²) in [7, 11) is 0. The van der Waals surface area contributed by atoms with Gasteiger partial charge in [-0.15, -0.1) is 0 Å². The molecule has 5 heteroatoms. The van der Waals surface area contributed by atoms with Crippen molar-refractivity contribution in [1.82, 2.24) is 4.90 Å². The number of hydrogen-bond acceptors (Lipinski definition) is 2. The average Bonchev–Trinajstić information content (AvgIpc) is 2.95. The van der Waals surface area contributed by atoms with Crippen LogP contribution in [0.1, 0.15) is 24.1 Å². The monoisotopic (exact) mass is 331 g/mol. The third-order valence-electron chi connectivity index (χ3n) is 3.93. The lowest BCUT2D eigenvalue weighted by Crippen LogP contribution is -2.29. The molecule has 2 aromatic rings. The van der Waals surface area contributed by atoms with Crippen molar-refractivity contribution in [2.75, 3.05) is 6.54 Å². The minimum absolute atomic E-state index is 0.118. The Bertz CT molecular complexity index is 803. The summed E-state index contributed by atoms with van der Waals surface area (Å²) in [5.41, 5.74) is 1.87. The third kappa shape index (κ3) is 3.08. The summed E-state index contributed by atoms with van der Waals surface area (Å²) >= 11 is 5.96. The normalized spacial score (nSPS) is 17.3. The van der Waals surface area contributed by atoms with Gasteiger partial charge >= 0.3 is 0 Å². The number of phenols is 1. The minimum atomic E-state index is -0.374. The van der Waals surface area contributed by atoms with Crippen LogP contribution in [0.2, 0.25) is 5.02 Å². The number of carbonyl (C=O) groups excluding carboxylic acids is 1. The van der Waals surface area contributed by atoms with E-state index in [9.17, 15) is 14.3 Å². The molecular formula is C18H15ClFNO2. The Morgan fingerprint density at radius 1 is 1.30 bits per heavy atom. The van der Waals surface area contributed by atoms with E-state index in [4.69, 9.17) is 11.6 Å². The van der Waals surface area contributed by atoms with Crippen LogP contribution in [0.15, 0.2) is 48.5 Å². The van der Waals surface area contributed by atoms with E-state index in [1.807, 2.05) is 12.1 Å². The molecule has 0 bridgehead atoms. The quantitative estimate of drug-likeness (QED) is 0.897. The largest absolute Gasteiger partial charge is 0.508 e. The van der Waals surface area contributed by atoms with Crippen molar-refractivity contribution in [1.29, 1.82) is 0 Å². The van der Waals surface area contributed by atoms with E-state index in [1.165, 1.54) is 19.1 Å². The van der Waals surface area contributed by atoms with E-state index in [0.717, 1.165) is 5.56 Å². The van der Waals surface area contributed by atoms with Gasteiger partial charge in [-0.25, -0.2) is 4.39 Å². The molecular weight excluding hydrogens is 317 g/mol. The van der Waals surface area contributed by atoms with Crippen molar-refractivity contribution in [3.63, 3.8) is 0 Å². The second-order valence-corrected chi connectivity index (χ2v) is 5.94. The van der Waals surface area contributed by atoms with Crippen LogP contribution in [-0.4, -0.2) is 22.5 Å². The summed E-state index contributed by atoms with van der Waals surface area (Å²) < 4.78 is 14.1. The first-order valence-corrected chi connectivity index (χ1v) is 7.56. The predicted molar refractivity (Wildman–Crippen MR) is 87.6 cm³/mol. The van der Waals surface area contributed by atoms with Gasteiger partial charge in [0.25, 0.3) is 0 Å². The van der Waals surface area contributed by atoms with Crippen LogP contribution in [0.5, 0.6) is 5.75 Å². The Labute approximate surface area is 138 Å². The van der Waals surface area contributed by atoms with Crippen molar-refractivity contribution in [3.05, 3.63) is 70.5 Å². The molecule has 0 saturated carbocycles. The van der Waals surface area contributed by atoms with Crippen LogP contribution in [0, 0.1) is 5.82 Å². The standard InChI is InChI=1S/C18H15ClFNO2/c1-11(22)21-10-13(16-9-14(19)5-6-17(16)20)8-18(21)12-3-2-4-15(23)7-12/h2-9,18,23H,10H2,1H3/t18-/m0/s1. The molecule has 0 aromatic heterocycles. The second-order valence-electron chi connectivity index (χ2n) is 5.50. The Morgan fingerprint density at radius 2 is 2.09 bits per heavy atom. The SMILES string of the molecule is CC(=O)N1CC(c2cc(Cl)ccc2F)=C[C@H]1c1cccc(O)c1. The number of carbonyl (C=O) groups is 1. The smallest absolute Gasteiger partial charge is 0.220 e.